The highest BCUT2D eigenvalue weighted by Crippen LogP contribution is 2.35. The zero-order valence-corrected chi connectivity index (χ0v) is 15.0. The van der Waals surface area contributed by atoms with Crippen molar-refractivity contribution in [1.29, 1.82) is 0 Å². The molecule has 2 rings (SSSR count). The van der Waals surface area contributed by atoms with E-state index in [-0.39, 0.29) is 0 Å². The number of halogens is 1. The SMILES string of the molecule is COCCNCc1ccc(N2CCCC(C)(C)C2)c(Br)c1. The summed E-state index contributed by atoms with van der Waals surface area (Å²) >= 11 is 3.75. The lowest BCUT2D eigenvalue weighted by Gasteiger charge is -2.40. The molecule has 0 saturated carbocycles. The van der Waals surface area contributed by atoms with Gasteiger partial charge in [0, 0.05) is 37.8 Å². The predicted octanol–water partition coefficient (Wildman–Crippen LogP) is 3.81. The van der Waals surface area contributed by atoms with Gasteiger partial charge in [0.15, 0.2) is 0 Å². The molecular weight excluding hydrogens is 328 g/mol. The first-order valence-corrected chi connectivity index (χ1v) is 8.54. The molecule has 0 aromatic heterocycles. The Bertz CT molecular complexity index is 462. The van der Waals surface area contributed by atoms with Crippen LogP contribution in [0.3, 0.4) is 0 Å². The van der Waals surface area contributed by atoms with Crippen LogP contribution in [-0.4, -0.2) is 33.4 Å². The highest BCUT2D eigenvalue weighted by atomic mass is 79.9. The smallest absolute Gasteiger partial charge is 0.0587 e. The van der Waals surface area contributed by atoms with Gasteiger partial charge in [-0.1, -0.05) is 19.9 Å². The average Bonchev–Trinajstić information content (AvgIpc) is 2.42. The second-order valence-corrected chi connectivity index (χ2v) is 7.50. The van der Waals surface area contributed by atoms with Crippen LogP contribution in [0.1, 0.15) is 32.3 Å². The lowest BCUT2D eigenvalue weighted by molar-refractivity contribution is 0.199. The predicted molar refractivity (Wildman–Crippen MR) is 93.0 cm³/mol. The molecule has 1 aromatic rings. The number of hydrogen-bond acceptors (Lipinski definition) is 3. The first-order chi connectivity index (χ1) is 10.0. The Morgan fingerprint density at radius 1 is 1.38 bits per heavy atom. The topological polar surface area (TPSA) is 24.5 Å². The van der Waals surface area contributed by atoms with Crippen molar-refractivity contribution < 1.29 is 4.74 Å². The van der Waals surface area contributed by atoms with Gasteiger partial charge < -0.3 is 15.0 Å². The van der Waals surface area contributed by atoms with Crippen LogP contribution in [0.2, 0.25) is 0 Å². The second-order valence-electron chi connectivity index (χ2n) is 6.64. The van der Waals surface area contributed by atoms with E-state index in [1.54, 1.807) is 7.11 Å². The molecule has 0 aliphatic carbocycles. The van der Waals surface area contributed by atoms with Crippen molar-refractivity contribution in [3.8, 4) is 0 Å². The molecule has 1 N–H and O–H groups in total. The molecule has 1 saturated heterocycles. The van der Waals surface area contributed by atoms with Crippen LogP contribution in [0.5, 0.6) is 0 Å². The number of methoxy groups -OCH3 is 1. The third-order valence-electron chi connectivity index (χ3n) is 4.07. The molecule has 3 nitrogen and oxygen atoms in total. The molecule has 118 valence electrons. The summed E-state index contributed by atoms with van der Waals surface area (Å²) in [7, 11) is 1.73. The minimum Gasteiger partial charge on any atom is -0.383 e. The van der Waals surface area contributed by atoms with Crippen molar-refractivity contribution >= 4 is 21.6 Å². The monoisotopic (exact) mass is 354 g/mol. The Morgan fingerprint density at radius 3 is 2.86 bits per heavy atom. The van der Waals surface area contributed by atoms with E-state index in [0.29, 0.717) is 5.41 Å². The minimum atomic E-state index is 0.415. The van der Waals surface area contributed by atoms with Crippen LogP contribution in [0.15, 0.2) is 22.7 Å². The molecule has 21 heavy (non-hydrogen) atoms. The van der Waals surface area contributed by atoms with Crippen LogP contribution < -0.4 is 10.2 Å². The molecular formula is C17H27BrN2O. The van der Waals surface area contributed by atoms with Crippen LogP contribution in [-0.2, 0) is 11.3 Å². The molecule has 1 aliphatic heterocycles. The molecule has 0 radical (unpaired) electrons. The fourth-order valence-corrected chi connectivity index (χ4v) is 3.63. The van der Waals surface area contributed by atoms with Gasteiger partial charge in [-0.2, -0.15) is 0 Å². The quantitative estimate of drug-likeness (QED) is 0.786. The summed E-state index contributed by atoms with van der Waals surface area (Å²) in [6.45, 7) is 9.54. The van der Waals surface area contributed by atoms with E-state index < -0.39 is 0 Å². The number of rotatable bonds is 6. The van der Waals surface area contributed by atoms with Crippen LogP contribution in [0, 0.1) is 5.41 Å². The number of nitrogens with zero attached hydrogens (tertiary/aromatic N) is 1. The lowest BCUT2D eigenvalue weighted by Crippen LogP contribution is -2.40. The summed E-state index contributed by atoms with van der Waals surface area (Å²) in [5.41, 5.74) is 3.04. The summed E-state index contributed by atoms with van der Waals surface area (Å²) in [6.07, 6.45) is 2.60. The van der Waals surface area contributed by atoms with Crippen molar-refractivity contribution in [2.24, 2.45) is 5.41 Å². The molecule has 0 spiro atoms. The Hall–Kier alpha value is -0.580. The van der Waals surface area contributed by atoms with E-state index in [1.165, 1.54) is 28.6 Å². The van der Waals surface area contributed by atoms with Gasteiger partial charge in [-0.05, 0) is 51.9 Å². The van der Waals surface area contributed by atoms with E-state index >= 15 is 0 Å². The number of anilines is 1. The summed E-state index contributed by atoms with van der Waals surface area (Å²) < 4.78 is 6.24. The van der Waals surface area contributed by atoms with Crippen LogP contribution in [0.25, 0.3) is 0 Å². The van der Waals surface area contributed by atoms with Gasteiger partial charge >= 0.3 is 0 Å². The van der Waals surface area contributed by atoms with E-state index in [4.69, 9.17) is 4.74 Å². The molecule has 0 bridgehead atoms. The van der Waals surface area contributed by atoms with E-state index in [9.17, 15) is 0 Å². The van der Waals surface area contributed by atoms with Crippen molar-refractivity contribution in [2.45, 2.75) is 33.2 Å². The number of nitrogens with one attached hydrogen (secondary N) is 1. The third-order valence-corrected chi connectivity index (χ3v) is 4.70. The van der Waals surface area contributed by atoms with Crippen LogP contribution in [0.4, 0.5) is 5.69 Å². The molecule has 1 heterocycles. The molecule has 0 atom stereocenters. The van der Waals surface area contributed by atoms with Crippen molar-refractivity contribution in [3.63, 3.8) is 0 Å². The van der Waals surface area contributed by atoms with Gasteiger partial charge in [-0.25, -0.2) is 0 Å². The van der Waals surface area contributed by atoms with Gasteiger partial charge in [0.2, 0.25) is 0 Å². The summed E-state index contributed by atoms with van der Waals surface area (Å²) in [5.74, 6) is 0. The zero-order chi connectivity index (χ0) is 15.3. The number of benzene rings is 1. The van der Waals surface area contributed by atoms with E-state index in [2.05, 4.69) is 58.2 Å². The highest BCUT2D eigenvalue weighted by Gasteiger charge is 2.27. The Morgan fingerprint density at radius 2 is 2.19 bits per heavy atom. The minimum absolute atomic E-state index is 0.415. The van der Waals surface area contributed by atoms with Crippen molar-refractivity contribution in [1.82, 2.24) is 5.32 Å². The summed E-state index contributed by atoms with van der Waals surface area (Å²) in [5, 5.41) is 3.38. The van der Waals surface area contributed by atoms with Crippen LogP contribution >= 0.6 is 15.9 Å². The maximum absolute atomic E-state index is 5.04. The van der Waals surface area contributed by atoms with Crippen molar-refractivity contribution in [3.05, 3.63) is 28.2 Å². The largest absolute Gasteiger partial charge is 0.383 e. The fraction of sp³-hybridized carbons (Fsp3) is 0.647. The van der Waals surface area contributed by atoms with Gasteiger partial charge in [0.05, 0.1) is 12.3 Å². The Balaban J connectivity index is 1.98. The van der Waals surface area contributed by atoms with Crippen molar-refractivity contribution in [2.75, 3.05) is 38.3 Å². The first kappa shape index (κ1) is 16.8. The molecule has 4 heteroatoms. The normalized spacial score (nSPS) is 18.0. The van der Waals surface area contributed by atoms with E-state index in [1.807, 2.05) is 0 Å². The molecule has 1 aromatic carbocycles. The lowest BCUT2D eigenvalue weighted by atomic mass is 9.84. The third kappa shape index (κ3) is 4.97. The number of ether oxygens (including phenoxy) is 1. The molecule has 0 amide bonds. The number of piperidine rings is 1. The number of hydrogen-bond donors (Lipinski definition) is 1. The van der Waals surface area contributed by atoms with Gasteiger partial charge in [-0.3, -0.25) is 0 Å². The standard InChI is InChI=1S/C17H27BrN2O/c1-17(2)7-4-9-20(13-17)16-6-5-14(11-15(16)18)12-19-8-10-21-3/h5-6,11,19H,4,7-10,12-13H2,1-3H3. The molecule has 0 unspecified atom stereocenters. The molecule has 1 fully saturated rings. The maximum atomic E-state index is 5.04. The maximum Gasteiger partial charge on any atom is 0.0587 e. The molecule has 1 aliphatic rings. The van der Waals surface area contributed by atoms with Gasteiger partial charge in [0.25, 0.3) is 0 Å². The zero-order valence-electron chi connectivity index (χ0n) is 13.4. The summed E-state index contributed by atoms with van der Waals surface area (Å²) in [4.78, 5) is 2.51. The Kier molecular flexibility index (Phi) is 6.08. The van der Waals surface area contributed by atoms with E-state index in [0.717, 1.165) is 32.8 Å². The fourth-order valence-electron chi connectivity index (χ4n) is 2.95. The second kappa shape index (κ2) is 7.61. The van der Waals surface area contributed by atoms with Gasteiger partial charge in [0.1, 0.15) is 0 Å². The average molecular weight is 355 g/mol. The highest BCUT2D eigenvalue weighted by molar-refractivity contribution is 9.10. The summed E-state index contributed by atoms with van der Waals surface area (Å²) in [6, 6.07) is 6.71. The van der Waals surface area contributed by atoms with Gasteiger partial charge in [-0.15, -0.1) is 0 Å². The Labute approximate surface area is 137 Å². The first-order valence-electron chi connectivity index (χ1n) is 7.75.